The largest absolute Gasteiger partial charge is 0.460 e. The third-order valence-electron chi connectivity index (χ3n) is 3.54. The second-order valence-corrected chi connectivity index (χ2v) is 5.43. The van der Waals surface area contributed by atoms with Crippen molar-refractivity contribution in [2.24, 2.45) is 0 Å². The minimum Gasteiger partial charge on any atom is -0.460 e. The van der Waals surface area contributed by atoms with Crippen LogP contribution < -0.4 is 4.74 Å². The highest BCUT2D eigenvalue weighted by Crippen LogP contribution is 2.17. The number of rotatable bonds is 6. The molecule has 3 aromatic rings. The molecule has 26 heavy (non-hydrogen) atoms. The van der Waals surface area contributed by atoms with Gasteiger partial charge in [-0.25, -0.2) is 9.78 Å². The fourth-order valence-corrected chi connectivity index (χ4v) is 2.28. The van der Waals surface area contributed by atoms with Crippen LogP contribution in [0.25, 0.3) is 23.2 Å². The van der Waals surface area contributed by atoms with E-state index in [4.69, 9.17) is 9.47 Å². The van der Waals surface area contributed by atoms with E-state index in [0.717, 1.165) is 22.3 Å². The molecule has 0 amide bonds. The maximum atomic E-state index is 11.5. The average Bonchev–Trinajstić information content (AvgIpc) is 2.67. The second kappa shape index (κ2) is 8.07. The van der Waals surface area contributed by atoms with E-state index < -0.39 is 5.97 Å². The molecule has 3 rings (SSSR count). The van der Waals surface area contributed by atoms with Gasteiger partial charge in [-0.3, -0.25) is 4.98 Å². The molecular weight excluding hydrogens is 328 g/mol. The predicted octanol–water partition coefficient (Wildman–Crippen LogP) is 4.26. The molecule has 0 N–H and O–H groups in total. The van der Waals surface area contributed by atoms with Crippen molar-refractivity contribution in [2.45, 2.75) is 6.92 Å². The van der Waals surface area contributed by atoms with Crippen LogP contribution in [-0.4, -0.2) is 22.5 Å². The van der Waals surface area contributed by atoms with E-state index in [-0.39, 0.29) is 12.4 Å². The monoisotopic (exact) mass is 346 g/mol. The number of benzene rings is 2. The highest BCUT2D eigenvalue weighted by atomic mass is 16.6. The van der Waals surface area contributed by atoms with Crippen molar-refractivity contribution >= 4 is 29.2 Å². The van der Waals surface area contributed by atoms with Crippen LogP contribution in [0, 0.1) is 0 Å². The molecule has 0 saturated heterocycles. The maximum absolute atomic E-state index is 11.5. The number of para-hydroxylation sites is 2. The molecule has 0 aliphatic heterocycles. The van der Waals surface area contributed by atoms with Gasteiger partial charge in [0.05, 0.1) is 29.5 Å². The first kappa shape index (κ1) is 17.4. The number of nitrogens with zero attached hydrogens (tertiary/aromatic N) is 2. The molecule has 1 heterocycles. The molecule has 1 aromatic heterocycles. The lowest BCUT2D eigenvalue weighted by molar-refractivity contribution is -0.140. The lowest BCUT2D eigenvalue weighted by Crippen LogP contribution is -2.11. The number of carbonyl (C=O) groups is 1. The Morgan fingerprint density at radius 2 is 1.81 bits per heavy atom. The van der Waals surface area contributed by atoms with Crippen LogP contribution in [0.5, 0.6) is 5.75 Å². The fourth-order valence-electron chi connectivity index (χ4n) is 2.28. The number of carbonyl (C=O) groups excluding carboxylic acids is 1. The van der Waals surface area contributed by atoms with Crippen molar-refractivity contribution in [1.82, 2.24) is 9.97 Å². The van der Waals surface area contributed by atoms with Gasteiger partial charge >= 0.3 is 5.97 Å². The van der Waals surface area contributed by atoms with Crippen LogP contribution in [0.15, 0.2) is 67.1 Å². The average molecular weight is 346 g/mol. The van der Waals surface area contributed by atoms with Crippen LogP contribution in [0.1, 0.15) is 18.2 Å². The Kier molecular flexibility index (Phi) is 5.39. The van der Waals surface area contributed by atoms with Crippen molar-refractivity contribution in [3.8, 4) is 5.75 Å². The summed E-state index contributed by atoms with van der Waals surface area (Å²) in [5, 5.41) is 0. The van der Waals surface area contributed by atoms with Crippen molar-refractivity contribution in [2.75, 3.05) is 6.61 Å². The van der Waals surface area contributed by atoms with Gasteiger partial charge in [0.15, 0.2) is 0 Å². The van der Waals surface area contributed by atoms with Crippen molar-refractivity contribution in [3.63, 3.8) is 0 Å². The number of hydrogen-bond donors (Lipinski definition) is 0. The molecule has 130 valence electrons. The summed E-state index contributed by atoms with van der Waals surface area (Å²) in [4.78, 5) is 20.4. The topological polar surface area (TPSA) is 61.3 Å². The van der Waals surface area contributed by atoms with Gasteiger partial charge in [-0.1, -0.05) is 30.3 Å². The highest BCUT2D eigenvalue weighted by Gasteiger charge is 2.09. The summed E-state index contributed by atoms with van der Waals surface area (Å²) >= 11 is 0. The SMILES string of the molecule is C=C(Oc1ccc(/C=C/c2cnc3ccccc3n2)cc1)C(=O)OCC. The Morgan fingerprint density at radius 1 is 1.08 bits per heavy atom. The van der Waals surface area contributed by atoms with Crippen LogP contribution in [0.2, 0.25) is 0 Å². The molecule has 0 saturated carbocycles. The maximum Gasteiger partial charge on any atom is 0.373 e. The molecule has 2 aromatic carbocycles. The third-order valence-corrected chi connectivity index (χ3v) is 3.54. The quantitative estimate of drug-likeness (QED) is 0.379. The highest BCUT2D eigenvalue weighted by molar-refractivity contribution is 5.86. The fraction of sp³-hybridized carbons (Fsp3) is 0.0952. The number of hydrogen-bond acceptors (Lipinski definition) is 5. The molecule has 0 bridgehead atoms. The summed E-state index contributed by atoms with van der Waals surface area (Å²) in [5.41, 5.74) is 3.47. The van der Waals surface area contributed by atoms with Gasteiger partial charge in [-0.2, -0.15) is 0 Å². The minimum atomic E-state index is -0.564. The summed E-state index contributed by atoms with van der Waals surface area (Å²) < 4.78 is 10.2. The van der Waals surface area contributed by atoms with Gasteiger partial charge in [-0.05, 0) is 49.4 Å². The van der Waals surface area contributed by atoms with E-state index in [1.54, 1.807) is 25.3 Å². The van der Waals surface area contributed by atoms with Crippen LogP contribution in [-0.2, 0) is 9.53 Å². The third kappa shape index (κ3) is 4.33. The first-order valence-corrected chi connectivity index (χ1v) is 8.19. The molecule has 0 aliphatic rings. The van der Waals surface area contributed by atoms with Crippen molar-refractivity contribution in [3.05, 3.63) is 78.3 Å². The summed E-state index contributed by atoms with van der Waals surface area (Å²) in [6, 6.07) is 15.0. The van der Waals surface area contributed by atoms with Crippen LogP contribution >= 0.6 is 0 Å². The van der Waals surface area contributed by atoms with Gasteiger partial charge in [0.2, 0.25) is 5.76 Å². The van der Waals surface area contributed by atoms with Crippen molar-refractivity contribution in [1.29, 1.82) is 0 Å². The zero-order valence-corrected chi connectivity index (χ0v) is 14.4. The molecule has 0 unspecified atom stereocenters. The lowest BCUT2D eigenvalue weighted by atomic mass is 10.2. The Hall–Kier alpha value is -3.47. The van der Waals surface area contributed by atoms with E-state index in [2.05, 4.69) is 16.5 Å². The van der Waals surface area contributed by atoms with Crippen LogP contribution in [0.4, 0.5) is 0 Å². The van der Waals surface area contributed by atoms with E-state index in [1.165, 1.54) is 0 Å². The normalized spacial score (nSPS) is 10.8. The molecule has 0 radical (unpaired) electrons. The number of fused-ring (bicyclic) bond motifs is 1. The van der Waals surface area contributed by atoms with Gasteiger partial charge in [0, 0.05) is 0 Å². The number of ether oxygens (including phenoxy) is 2. The molecule has 0 atom stereocenters. The minimum absolute atomic E-state index is 0.0402. The number of esters is 1. The summed E-state index contributed by atoms with van der Waals surface area (Å²) in [6.07, 6.45) is 5.56. The zero-order chi connectivity index (χ0) is 18.4. The standard InChI is InChI=1S/C21H18N2O3/c1-3-25-21(24)15(2)26-18-12-9-16(10-13-18)8-11-17-14-22-19-6-4-5-7-20(19)23-17/h4-14H,2-3H2,1H3/b11-8+. The molecule has 0 spiro atoms. The van der Waals surface area contributed by atoms with Gasteiger partial charge in [0.1, 0.15) is 5.75 Å². The van der Waals surface area contributed by atoms with E-state index >= 15 is 0 Å². The Balaban J connectivity index is 1.67. The van der Waals surface area contributed by atoms with Gasteiger partial charge in [-0.15, -0.1) is 0 Å². The first-order valence-electron chi connectivity index (χ1n) is 8.19. The first-order chi connectivity index (χ1) is 12.7. The van der Waals surface area contributed by atoms with E-state index in [1.807, 2.05) is 48.6 Å². The predicted molar refractivity (Wildman–Crippen MR) is 101 cm³/mol. The Labute approximate surface area is 151 Å². The Bertz CT molecular complexity index is 962. The zero-order valence-electron chi connectivity index (χ0n) is 14.4. The van der Waals surface area contributed by atoms with E-state index in [0.29, 0.717) is 5.75 Å². The van der Waals surface area contributed by atoms with Crippen LogP contribution in [0.3, 0.4) is 0 Å². The molecule has 0 aliphatic carbocycles. The van der Waals surface area contributed by atoms with Gasteiger partial charge < -0.3 is 9.47 Å². The second-order valence-electron chi connectivity index (χ2n) is 5.43. The summed E-state index contributed by atoms with van der Waals surface area (Å²) in [7, 11) is 0. The number of aromatic nitrogens is 2. The van der Waals surface area contributed by atoms with Crippen molar-refractivity contribution < 1.29 is 14.3 Å². The summed E-state index contributed by atoms with van der Waals surface area (Å²) in [6.45, 7) is 5.57. The Morgan fingerprint density at radius 3 is 2.54 bits per heavy atom. The lowest BCUT2D eigenvalue weighted by Gasteiger charge is -2.07. The molecule has 0 fully saturated rings. The smallest absolute Gasteiger partial charge is 0.373 e. The summed E-state index contributed by atoms with van der Waals surface area (Å²) in [5.74, 6) is -0.0846. The molecule has 5 heteroatoms. The molecule has 5 nitrogen and oxygen atoms in total. The van der Waals surface area contributed by atoms with Gasteiger partial charge in [0.25, 0.3) is 0 Å². The molecular formula is C21H18N2O3. The van der Waals surface area contributed by atoms with E-state index in [9.17, 15) is 4.79 Å².